The highest BCUT2D eigenvalue weighted by Gasteiger charge is 2.34. The molecule has 0 saturated carbocycles. The van der Waals surface area contributed by atoms with Crippen molar-refractivity contribution in [1.29, 1.82) is 0 Å². The normalized spacial score (nSPS) is 12.1. The first kappa shape index (κ1) is 31.7. The van der Waals surface area contributed by atoms with Crippen molar-refractivity contribution in [3.05, 3.63) is 93.8 Å². The Bertz CT molecular complexity index is 1750. The Morgan fingerprint density at radius 2 is 1.80 bits per heavy atom. The second-order valence-corrected chi connectivity index (χ2v) is 11.0. The number of aryl methyl sites for hydroxylation is 1. The average Bonchev–Trinajstić information content (AvgIpc) is 3.51. The number of aromatic nitrogens is 4. The van der Waals surface area contributed by atoms with Gasteiger partial charge in [0.15, 0.2) is 0 Å². The van der Waals surface area contributed by atoms with Gasteiger partial charge < -0.3 is 14.5 Å². The van der Waals surface area contributed by atoms with Gasteiger partial charge in [-0.3, -0.25) is 24.3 Å². The van der Waals surface area contributed by atoms with Crippen molar-refractivity contribution < 1.29 is 27.9 Å². The number of halogens is 1. The Balaban J connectivity index is 1.60. The average molecular weight is 605 g/mol. The van der Waals surface area contributed by atoms with Crippen molar-refractivity contribution in [3.63, 3.8) is 0 Å². The minimum atomic E-state index is -1.08. The number of anilines is 1. The molecule has 230 valence electrons. The topological polar surface area (TPSA) is 158 Å². The molecule has 13 heteroatoms. The molecule has 2 amide bonds. The van der Waals surface area contributed by atoms with Crippen LogP contribution in [0.3, 0.4) is 0 Å². The standard InChI is InChI=1S/C31H33FN6O6/c1-17(2)24(25(40)27-36-37-29(44-27)31(4,5)20-12-13-21(32)18(3)14-20)35-23(39)16-38-26(19-10-8-7-9-11-19)33-15-22(28(38)41)34-30(42)43-6/h7-15,17,24H,16H2,1-6H3,(H,34,42)(H,35,39). The first-order chi connectivity index (χ1) is 20.8. The third-order valence-electron chi connectivity index (χ3n) is 7.12. The van der Waals surface area contributed by atoms with E-state index in [0.717, 1.165) is 11.7 Å². The van der Waals surface area contributed by atoms with Crippen molar-refractivity contribution >= 4 is 23.5 Å². The Morgan fingerprint density at radius 3 is 2.43 bits per heavy atom. The molecule has 0 spiro atoms. The summed E-state index contributed by atoms with van der Waals surface area (Å²) in [5, 5.41) is 13.0. The maximum absolute atomic E-state index is 13.8. The number of nitrogens with zero attached hydrogens (tertiary/aromatic N) is 4. The van der Waals surface area contributed by atoms with Gasteiger partial charge in [-0.2, -0.15) is 0 Å². The van der Waals surface area contributed by atoms with Gasteiger partial charge in [0, 0.05) is 5.56 Å². The number of methoxy groups -OCH3 is 1. The Labute approximate surface area is 252 Å². The SMILES string of the molecule is COC(=O)Nc1cnc(-c2ccccc2)n(CC(=O)NC(C(=O)c2nnc(C(C)(C)c3ccc(F)c(C)c3)o2)C(C)C)c1=O. The van der Waals surface area contributed by atoms with E-state index >= 15 is 0 Å². The molecule has 0 aliphatic carbocycles. The van der Waals surface area contributed by atoms with E-state index in [1.54, 1.807) is 63.2 Å². The number of hydrogen-bond acceptors (Lipinski definition) is 9. The molecule has 1 atom stereocenters. The number of nitrogens with one attached hydrogen (secondary N) is 2. The molecule has 2 aromatic heterocycles. The van der Waals surface area contributed by atoms with E-state index in [1.807, 2.05) is 13.8 Å². The number of benzene rings is 2. The van der Waals surface area contributed by atoms with Crippen LogP contribution in [0.1, 0.15) is 55.4 Å². The first-order valence-electron chi connectivity index (χ1n) is 13.8. The van der Waals surface area contributed by atoms with Crippen LogP contribution in [0, 0.1) is 18.7 Å². The van der Waals surface area contributed by atoms with Crippen LogP contribution < -0.4 is 16.2 Å². The van der Waals surface area contributed by atoms with Crippen molar-refractivity contribution in [2.75, 3.05) is 12.4 Å². The van der Waals surface area contributed by atoms with E-state index in [0.29, 0.717) is 16.7 Å². The zero-order valence-corrected chi connectivity index (χ0v) is 25.2. The number of hydrogen-bond donors (Lipinski definition) is 2. The molecule has 0 fully saturated rings. The van der Waals surface area contributed by atoms with Gasteiger partial charge >= 0.3 is 6.09 Å². The molecule has 0 saturated heterocycles. The maximum atomic E-state index is 13.8. The molecule has 2 N–H and O–H groups in total. The van der Waals surface area contributed by atoms with E-state index in [9.17, 15) is 23.6 Å². The number of rotatable bonds is 10. The maximum Gasteiger partial charge on any atom is 0.411 e. The third kappa shape index (κ3) is 6.72. The predicted octanol–water partition coefficient (Wildman–Crippen LogP) is 4.27. The van der Waals surface area contributed by atoms with Crippen molar-refractivity contribution in [3.8, 4) is 11.4 Å². The lowest BCUT2D eigenvalue weighted by Crippen LogP contribution is -2.46. The predicted molar refractivity (Wildman–Crippen MR) is 159 cm³/mol. The number of amides is 2. The van der Waals surface area contributed by atoms with Crippen LogP contribution in [-0.2, 0) is 21.5 Å². The molecule has 2 heterocycles. The van der Waals surface area contributed by atoms with Crippen LogP contribution in [0.4, 0.5) is 14.9 Å². The number of ketones is 1. The van der Waals surface area contributed by atoms with Gasteiger partial charge in [-0.15, -0.1) is 10.2 Å². The van der Waals surface area contributed by atoms with E-state index in [-0.39, 0.29) is 29.1 Å². The minimum Gasteiger partial charge on any atom is -0.453 e. The zero-order valence-electron chi connectivity index (χ0n) is 25.2. The largest absolute Gasteiger partial charge is 0.453 e. The molecule has 0 radical (unpaired) electrons. The molecule has 44 heavy (non-hydrogen) atoms. The fourth-order valence-electron chi connectivity index (χ4n) is 4.47. The summed E-state index contributed by atoms with van der Waals surface area (Å²) < 4.78 is 25.3. The summed E-state index contributed by atoms with van der Waals surface area (Å²) in [7, 11) is 1.15. The van der Waals surface area contributed by atoms with E-state index in [4.69, 9.17) is 4.42 Å². The molecule has 1 unspecified atom stereocenters. The van der Waals surface area contributed by atoms with Crippen LogP contribution in [0.25, 0.3) is 11.4 Å². The fraction of sp³-hybridized carbons (Fsp3) is 0.323. The van der Waals surface area contributed by atoms with Crippen LogP contribution in [0.5, 0.6) is 0 Å². The lowest BCUT2D eigenvalue weighted by atomic mass is 9.84. The van der Waals surface area contributed by atoms with Crippen molar-refractivity contribution in [2.45, 2.75) is 52.6 Å². The number of Topliss-reactive ketones (excluding diaryl/α,β-unsaturated/α-hetero) is 1. The molecule has 0 bridgehead atoms. The number of ether oxygens (including phenoxy) is 1. The van der Waals surface area contributed by atoms with Gasteiger partial charge in [0.1, 0.15) is 23.9 Å². The third-order valence-corrected chi connectivity index (χ3v) is 7.12. The van der Waals surface area contributed by atoms with Crippen LogP contribution in [0.2, 0.25) is 0 Å². The highest BCUT2D eigenvalue weighted by atomic mass is 19.1. The summed E-state index contributed by atoms with van der Waals surface area (Å²) in [6.45, 7) is 8.21. The van der Waals surface area contributed by atoms with Crippen LogP contribution >= 0.6 is 0 Å². The monoisotopic (exact) mass is 604 g/mol. The van der Waals surface area contributed by atoms with Gasteiger partial charge in [-0.25, -0.2) is 14.2 Å². The second-order valence-electron chi connectivity index (χ2n) is 11.0. The van der Waals surface area contributed by atoms with Crippen LogP contribution in [0.15, 0.2) is 63.9 Å². The number of carbonyl (C=O) groups excluding carboxylic acids is 3. The highest BCUT2D eigenvalue weighted by molar-refractivity contribution is 5.98. The van der Waals surface area contributed by atoms with E-state index in [2.05, 4.69) is 30.6 Å². The fourth-order valence-corrected chi connectivity index (χ4v) is 4.47. The van der Waals surface area contributed by atoms with Crippen molar-refractivity contribution in [2.24, 2.45) is 5.92 Å². The molecular formula is C31H33FN6O6. The lowest BCUT2D eigenvalue weighted by Gasteiger charge is -2.22. The molecule has 0 aliphatic heterocycles. The highest BCUT2D eigenvalue weighted by Crippen LogP contribution is 2.31. The van der Waals surface area contributed by atoms with Gasteiger partial charge in [-0.1, -0.05) is 56.3 Å². The summed E-state index contributed by atoms with van der Waals surface area (Å²) >= 11 is 0. The summed E-state index contributed by atoms with van der Waals surface area (Å²) in [6, 6.07) is 12.3. The van der Waals surface area contributed by atoms with Gasteiger partial charge in [-0.05, 0) is 43.9 Å². The van der Waals surface area contributed by atoms with Crippen LogP contribution in [-0.4, -0.2) is 50.7 Å². The summed E-state index contributed by atoms with van der Waals surface area (Å²) in [5.41, 5.74) is -0.0258. The summed E-state index contributed by atoms with van der Waals surface area (Å²) in [5.74, 6) is -2.02. The number of carbonyl (C=O) groups is 3. The Hall–Kier alpha value is -5.20. The zero-order chi connectivity index (χ0) is 32.2. The van der Waals surface area contributed by atoms with Crippen molar-refractivity contribution in [1.82, 2.24) is 25.1 Å². The van der Waals surface area contributed by atoms with E-state index < -0.39 is 47.3 Å². The quantitative estimate of drug-likeness (QED) is 0.252. The molecule has 0 aliphatic rings. The van der Waals surface area contributed by atoms with Gasteiger partial charge in [0.2, 0.25) is 17.6 Å². The molecule has 4 aromatic rings. The molecule has 4 rings (SSSR count). The Morgan fingerprint density at radius 1 is 1.09 bits per heavy atom. The van der Waals surface area contributed by atoms with Gasteiger partial charge in [0.05, 0.1) is 24.8 Å². The second kappa shape index (κ2) is 13.0. The first-order valence-corrected chi connectivity index (χ1v) is 13.8. The minimum absolute atomic E-state index is 0.140. The van der Waals surface area contributed by atoms with Gasteiger partial charge in [0.25, 0.3) is 11.4 Å². The molecule has 2 aromatic carbocycles. The molecule has 12 nitrogen and oxygen atoms in total. The lowest BCUT2D eigenvalue weighted by molar-refractivity contribution is -0.122. The summed E-state index contributed by atoms with van der Waals surface area (Å²) in [6.07, 6.45) is 0.299. The Kier molecular flexibility index (Phi) is 9.36. The molecular weight excluding hydrogens is 571 g/mol. The van der Waals surface area contributed by atoms with E-state index in [1.165, 1.54) is 12.3 Å². The smallest absolute Gasteiger partial charge is 0.411 e. The summed E-state index contributed by atoms with van der Waals surface area (Å²) in [4.78, 5) is 56.2.